The van der Waals surface area contributed by atoms with E-state index in [0.29, 0.717) is 13.0 Å². The van der Waals surface area contributed by atoms with Crippen molar-refractivity contribution in [3.8, 4) is 0 Å². The number of aryl methyl sites for hydroxylation is 4. The molecule has 3 rings (SSSR count). The summed E-state index contributed by atoms with van der Waals surface area (Å²) < 4.78 is 26.6. The molecule has 8 heteroatoms. The average Bonchev–Trinajstić information content (AvgIpc) is 2.88. The number of aromatic nitrogens is 5. The van der Waals surface area contributed by atoms with Crippen molar-refractivity contribution in [1.29, 1.82) is 0 Å². The lowest BCUT2D eigenvalue weighted by Gasteiger charge is -2.09. The van der Waals surface area contributed by atoms with Gasteiger partial charge in [-0.3, -0.25) is 4.98 Å². The Morgan fingerprint density at radius 2 is 1.79 bits per heavy atom. The first-order valence-electron chi connectivity index (χ1n) is 7.69. The lowest BCUT2D eigenvalue weighted by atomic mass is 10.2. The first-order chi connectivity index (χ1) is 11.4. The van der Waals surface area contributed by atoms with Crippen LogP contribution in [0.2, 0.25) is 0 Å². The van der Waals surface area contributed by atoms with Gasteiger partial charge in [0.1, 0.15) is 11.3 Å². The molecule has 3 aromatic heterocycles. The molecule has 0 saturated carbocycles. The second-order valence-electron chi connectivity index (χ2n) is 5.72. The molecule has 0 N–H and O–H groups in total. The van der Waals surface area contributed by atoms with Gasteiger partial charge in [0.05, 0.1) is 17.5 Å². The number of hydrogen-bond donors (Lipinski definition) is 0. The van der Waals surface area contributed by atoms with E-state index in [2.05, 4.69) is 24.5 Å². The van der Waals surface area contributed by atoms with Crippen molar-refractivity contribution in [2.45, 2.75) is 38.9 Å². The molecule has 0 aromatic carbocycles. The van der Waals surface area contributed by atoms with Gasteiger partial charge in [0.25, 0.3) is 0 Å². The van der Waals surface area contributed by atoms with Crippen LogP contribution in [0.4, 0.5) is 0 Å². The van der Waals surface area contributed by atoms with Gasteiger partial charge in [-0.2, -0.15) is 0 Å². The van der Waals surface area contributed by atoms with E-state index in [1.54, 1.807) is 12.3 Å². The Hall–Kier alpha value is -2.35. The highest BCUT2D eigenvalue weighted by atomic mass is 32.2. The molecule has 126 valence electrons. The standard InChI is InChI=1S/C16H19N5O2S/c1-11-12(2)19-10-14-15(11)21(13(3)20-14)8-5-9-24(22,23)16-17-6-4-7-18-16/h4,6-7,10H,5,8-9H2,1-3H3. The molecule has 0 aliphatic heterocycles. The van der Waals surface area contributed by atoms with E-state index in [1.165, 1.54) is 12.4 Å². The van der Waals surface area contributed by atoms with E-state index < -0.39 is 9.84 Å². The summed E-state index contributed by atoms with van der Waals surface area (Å²) in [4.78, 5) is 16.5. The second-order valence-corrected chi connectivity index (χ2v) is 7.72. The van der Waals surface area contributed by atoms with Crippen molar-refractivity contribution < 1.29 is 8.42 Å². The Bertz CT molecular complexity index is 981. The molecular weight excluding hydrogens is 326 g/mol. The third-order valence-corrected chi connectivity index (χ3v) is 5.67. The molecule has 3 aromatic rings. The van der Waals surface area contributed by atoms with Gasteiger partial charge in [0, 0.05) is 24.6 Å². The van der Waals surface area contributed by atoms with Gasteiger partial charge >= 0.3 is 0 Å². The fourth-order valence-corrected chi connectivity index (χ4v) is 3.86. The van der Waals surface area contributed by atoms with Crippen LogP contribution in [0.1, 0.15) is 23.5 Å². The molecule has 0 fully saturated rings. The van der Waals surface area contributed by atoms with Crippen LogP contribution in [0.5, 0.6) is 0 Å². The quantitative estimate of drug-likeness (QED) is 0.657. The summed E-state index contributed by atoms with van der Waals surface area (Å²) in [7, 11) is -3.47. The van der Waals surface area contributed by atoms with Crippen LogP contribution in [0.25, 0.3) is 11.0 Å². The maximum atomic E-state index is 12.3. The molecule has 0 atom stereocenters. The molecule has 24 heavy (non-hydrogen) atoms. The van der Waals surface area contributed by atoms with E-state index in [1.807, 2.05) is 20.8 Å². The Kier molecular flexibility index (Phi) is 4.31. The summed E-state index contributed by atoms with van der Waals surface area (Å²) in [5.41, 5.74) is 3.88. The summed E-state index contributed by atoms with van der Waals surface area (Å²) in [6.07, 6.45) is 5.10. The maximum absolute atomic E-state index is 12.3. The molecule has 0 amide bonds. The Labute approximate surface area is 140 Å². The van der Waals surface area contributed by atoms with Gasteiger partial charge < -0.3 is 4.57 Å². The van der Waals surface area contributed by atoms with Gasteiger partial charge in [0.15, 0.2) is 0 Å². The molecule has 0 aliphatic rings. The zero-order valence-electron chi connectivity index (χ0n) is 13.9. The number of hydrogen-bond acceptors (Lipinski definition) is 6. The van der Waals surface area contributed by atoms with E-state index in [-0.39, 0.29) is 10.9 Å². The molecule has 0 aliphatic carbocycles. The van der Waals surface area contributed by atoms with Gasteiger partial charge in [-0.15, -0.1) is 0 Å². The first-order valence-corrected chi connectivity index (χ1v) is 9.34. The van der Waals surface area contributed by atoms with Gasteiger partial charge in [0.2, 0.25) is 15.0 Å². The van der Waals surface area contributed by atoms with Crippen LogP contribution < -0.4 is 0 Å². The SMILES string of the molecule is Cc1ncc2nc(C)n(CCCS(=O)(=O)c3ncccn3)c2c1C. The second kappa shape index (κ2) is 6.27. The van der Waals surface area contributed by atoms with E-state index in [9.17, 15) is 8.42 Å². The zero-order chi connectivity index (χ0) is 17.3. The molecule has 0 spiro atoms. The highest BCUT2D eigenvalue weighted by Gasteiger charge is 2.18. The summed E-state index contributed by atoms with van der Waals surface area (Å²) in [5.74, 6) is 0.855. The number of nitrogens with zero attached hydrogens (tertiary/aromatic N) is 5. The monoisotopic (exact) mass is 345 g/mol. The zero-order valence-corrected chi connectivity index (χ0v) is 14.7. The highest BCUT2D eigenvalue weighted by molar-refractivity contribution is 7.91. The average molecular weight is 345 g/mol. The lowest BCUT2D eigenvalue weighted by molar-refractivity contribution is 0.577. The minimum absolute atomic E-state index is 0.000754. The Morgan fingerprint density at radius 3 is 2.50 bits per heavy atom. The Balaban J connectivity index is 1.82. The number of fused-ring (bicyclic) bond motifs is 1. The van der Waals surface area contributed by atoms with Crippen molar-refractivity contribution in [2.24, 2.45) is 0 Å². The summed E-state index contributed by atoms with van der Waals surface area (Å²) >= 11 is 0. The van der Waals surface area contributed by atoms with Crippen LogP contribution in [0.3, 0.4) is 0 Å². The third kappa shape index (κ3) is 3.01. The van der Waals surface area contributed by atoms with Crippen LogP contribution in [-0.4, -0.2) is 38.7 Å². The molecular formula is C16H19N5O2S. The fourth-order valence-electron chi connectivity index (χ4n) is 2.72. The van der Waals surface area contributed by atoms with Gasteiger partial charge in [-0.1, -0.05) is 0 Å². The molecule has 0 radical (unpaired) electrons. The minimum atomic E-state index is -3.47. The molecule has 7 nitrogen and oxygen atoms in total. The van der Waals surface area contributed by atoms with Gasteiger partial charge in [-0.25, -0.2) is 23.4 Å². The van der Waals surface area contributed by atoms with Crippen molar-refractivity contribution in [1.82, 2.24) is 24.5 Å². The summed E-state index contributed by atoms with van der Waals surface area (Å²) in [6, 6.07) is 1.60. The highest BCUT2D eigenvalue weighted by Crippen LogP contribution is 2.21. The van der Waals surface area contributed by atoms with Crippen LogP contribution in [0, 0.1) is 20.8 Å². The molecule has 0 saturated heterocycles. The van der Waals surface area contributed by atoms with Crippen LogP contribution in [0.15, 0.2) is 29.8 Å². The number of rotatable bonds is 5. The fraction of sp³-hybridized carbons (Fsp3) is 0.375. The Morgan fingerprint density at radius 1 is 1.08 bits per heavy atom. The van der Waals surface area contributed by atoms with E-state index in [0.717, 1.165) is 28.1 Å². The number of imidazole rings is 1. The predicted octanol–water partition coefficient (Wildman–Crippen LogP) is 2.01. The van der Waals surface area contributed by atoms with Crippen molar-refractivity contribution in [2.75, 3.05) is 5.75 Å². The maximum Gasteiger partial charge on any atom is 0.246 e. The molecule has 0 unspecified atom stereocenters. The number of sulfone groups is 1. The largest absolute Gasteiger partial charge is 0.328 e. The lowest BCUT2D eigenvalue weighted by Crippen LogP contribution is -2.13. The smallest absolute Gasteiger partial charge is 0.246 e. The third-order valence-electron chi connectivity index (χ3n) is 4.08. The molecule has 0 bridgehead atoms. The minimum Gasteiger partial charge on any atom is -0.328 e. The number of pyridine rings is 1. The first kappa shape index (κ1) is 16.5. The summed E-state index contributed by atoms with van der Waals surface area (Å²) in [5, 5.41) is -0.117. The summed E-state index contributed by atoms with van der Waals surface area (Å²) in [6.45, 7) is 6.46. The van der Waals surface area contributed by atoms with Gasteiger partial charge in [-0.05, 0) is 38.8 Å². The normalized spacial score (nSPS) is 12.0. The molecule has 3 heterocycles. The van der Waals surface area contributed by atoms with Crippen molar-refractivity contribution in [3.05, 3.63) is 41.7 Å². The van der Waals surface area contributed by atoms with Crippen LogP contribution in [-0.2, 0) is 16.4 Å². The van der Waals surface area contributed by atoms with E-state index >= 15 is 0 Å². The van der Waals surface area contributed by atoms with E-state index in [4.69, 9.17) is 0 Å². The topological polar surface area (TPSA) is 90.6 Å². The van der Waals surface area contributed by atoms with Crippen LogP contribution >= 0.6 is 0 Å². The predicted molar refractivity (Wildman–Crippen MR) is 90.4 cm³/mol. The van der Waals surface area contributed by atoms with Crippen molar-refractivity contribution >= 4 is 20.9 Å². The van der Waals surface area contributed by atoms with Crippen molar-refractivity contribution in [3.63, 3.8) is 0 Å².